The zero-order valence-electron chi connectivity index (χ0n) is 10.7. The predicted octanol–water partition coefficient (Wildman–Crippen LogP) is 0.915. The predicted molar refractivity (Wildman–Crippen MR) is 68.3 cm³/mol. The van der Waals surface area contributed by atoms with E-state index in [4.69, 9.17) is 4.74 Å². The van der Waals surface area contributed by atoms with Gasteiger partial charge in [-0.3, -0.25) is 9.69 Å². The molecule has 0 heterocycles. The molecule has 0 saturated carbocycles. The van der Waals surface area contributed by atoms with Crippen LogP contribution >= 0.6 is 0 Å². The van der Waals surface area contributed by atoms with Crippen molar-refractivity contribution >= 4 is 5.91 Å². The third-order valence-corrected chi connectivity index (χ3v) is 2.65. The van der Waals surface area contributed by atoms with Crippen molar-refractivity contribution in [2.75, 3.05) is 34.3 Å². The summed E-state index contributed by atoms with van der Waals surface area (Å²) >= 11 is 0. The van der Waals surface area contributed by atoms with Crippen LogP contribution in [-0.4, -0.2) is 45.1 Å². The van der Waals surface area contributed by atoms with Crippen molar-refractivity contribution < 1.29 is 9.53 Å². The molecule has 1 aromatic carbocycles. The smallest absolute Gasteiger partial charge is 0.233 e. The van der Waals surface area contributed by atoms with Crippen molar-refractivity contribution in [3.05, 3.63) is 29.8 Å². The second-order valence-corrected chi connectivity index (χ2v) is 3.97. The third kappa shape index (κ3) is 4.44. The number of para-hydroxylation sites is 1. The van der Waals surface area contributed by atoms with Gasteiger partial charge in [0.15, 0.2) is 0 Å². The van der Waals surface area contributed by atoms with Gasteiger partial charge in [0.25, 0.3) is 0 Å². The number of rotatable bonds is 6. The molecule has 0 spiro atoms. The Bertz CT molecular complexity index is 366. The largest absolute Gasteiger partial charge is 0.496 e. The molecule has 4 nitrogen and oxygen atoms in total. The summed E-state index contributed by atoms with van der Waals surface area (Å²) in [5.41, 5.74) is 1.17. The summed E-state index contributed by atoms with van der Waals surface area (Å²) in [5, 5.41) is 2.61. The average Bonchev–Trinajstić information content (AvgIpc) is 2.36. The molecule has 17 heavy (non-hydrogen) atoms. The van der Waals surface area contributed by atoms with E-state index < -0.39 is 0 Å². The number of nitrogens with one attached hydrogen (secondary N) is 1. The molecule has 1 aromatic rings. The van der Waals surface area contributed by atoms with Gasteiger partial charge in [-0.05, 0) is 25.1 Å². The van der Waals surface area contributed by atoms with E-state index in [1.165, 1.54) is 5.56 Å². The summed E-state index contributed by atoms with van der Waals surface area (Å²) < 4.78 is 5.28. The third-order valence-electron chi connectivity index (χ3n) is 2.65. The number of amides is 1. The first-order valence-corrected chi connectivity index (χ1v) is 5.68. The number of likely N-dealkylation sites (N-methyl/N-ethyl adjacent to an activating group) is 2. The van der Waals surface area contributed by atoms with Crippen LogP contribution in [-0.2, 0) is 11.2 Å². The van der Waals surface area contributed by atoms with Gasteiger partial charge in [0.05, 0.1) is 13.7 Å². The van der Waals surface area contributed by atoms with E-state index in [0.717, 1.165) is 18.7 Å². The van der Waals surface area contributed by atoms with Crippen molar-refractivity contribution in [1.82, 2.24) is 10.2 Å². The lowest BCUT2D eigenvalue weighted by atomic mass is 10.1. The number of carbonyl (C=O) groups is 1. The quantitative estimate of drug-likeness (QED) is 0.798. The molecule has 1 N–H and O–H groups in total. The Hall–Kier alpha value is -1.55. The summed E-state index contributed by atoms with van der Waals surface area (Å²) in [6.07, 6.45) is 0.873. The first-order chi connectivity index (χ1) is 8.17. The molecule has 0 bridgehead atoms. The van der Waals surface area contributed by atoms with Crippen LogP contribution in [0.15, 0.2) is 24.3 Å². The van der Waals surface area contributed by atoms with Gasteiger partial charge in [-0.15, -0.1) is 0 Å². The minimum Gasteiger partial charge on any atom is -0.496 e. The van der Waals surface area contributed by atoms with Crippen LogP contribution in [0.25, 0.3) is 0 Å². The van der Waals surface area contributed by atoms with Gasteiger partial charge < -0.3 is 10.1 Å². The maximum absolute atomic E-state index is 11.2. The minimum atomic E-state index is 0.0347. The first kappa shape index (κ1) is 13.5. The van der Waals surface area contributed by atoms with Crippen LogP contribution in [0.2, 0.25) is 0 Å². The number of benzene rings is 1. The highest BCUT2D eigenvalue weighted by atomic mass is 16.5. The van der Waals surface area contributed by atoms with Crippen LogP contribution < -0.4 is 10.1 Å². The zero-order chi connectivity index (χ0) is 12.7. The normalized spacial score (nSPS) is 10.4. The molecule has 0 atom stereocenters. The highest BCUT2D eigenvalue weighted by Gasteiger charge is 2.06. The molecular weight excluding hydrogens is 216 g/mol. The number of hydrogen-bond acceptors (Lipinski definition) is 3. The standard InChI is InChI=1S/C13H20N2O2/c1-14-13(16)10-15(2)9-8-11-6-4-5-7-12(11)17-3/h4-7H,8-10H2,1-3H3,(H,14,16). The molecule has 1 rings (SSSR count). The van der Waals surface area contributed by atoms with Crippen molar-refractivity contribution in [3.8, 4) is 5.75 Å². The number of carbonyl (C=O) groups excluding carboxylic acids is 1. The zero-order valence-corrected chi connectivity index (χ0v) is 10.7. The molecule has 1 amide bonds. The second kappa shape index (κ2) is 6.91. The summed E-state index contributed by atoms with van der Waals surface area (Å²) in [6.45, 7) is 1.25. The van der Waals surface area contributed by atoms with Crippen molar-refractivity contribution in [1.29, 1.82) is 0 Å². The van der Waals surface area contributed by atoms with Gasteiger partial charge in [0, 0.05) is 13.6 Å². The summed E-state index contributed by atoms with van der Waals surface area (Å²) in [7, 11) is 5.26. The van der Waals surface area contributed by atoms with E-state index in [0.29, 0.717) is 6.54 Å². The van der Waals surface area contributed by atoms with Gasteiger partial charge in [-0.2, -0.15) is 0 Å². The second-order valence-electron chi connectivity index (χ2n) is 3.97. The van der Waals surface area contributed by atoms with E-state index in [1.54, 1.807) is 14.2 Å². The van der Waals surface area contributed by atoms with Crippen LogP contribution in [0.4, 0.5) is 0 Å². The van der Waals surface area contributed by atoms with Crippen LogP contribution in [0.5, 0.6) is 5.75 Å². The monoisotopic (exact) mass is 236 g/mol. The van der Waals surface area contributed by atoms with E-state index in [1.807, 2.05) is 36.2 Å². The van der Waals surface area contributed by atoms with Gasteiger partial charge in [0.1, 0.15) is 5.75 Å². The number of ether oxygens (including phenoxy) is 1. The molecule has 4 heteroatoms. The van der Waals surface area contributed by atoms with Gasteiger partial charge in [-0.1, -0.05) is 18.2 Å². The van der Waals surface area contributed by atoms with E-state index in [-0.39, 0.29) is 5.91 Å². The lowest BCUT2D eigenvalue weighted by molar-refractivity contribution is -0.121. The molecule has 94 valence electrons. The maximum atomic E-state index is 11.2. The number of methoxy groups -OCH3 is 1. The Kier molecular flexibility index (Phi) is 5.49. The SMILES string of the molecule is CNC(=O)CN(C)CCc1ccccc1OC. The molecule has 0 radical (unpaired) electrons. The van der Waals surface area contributed by atoms with Gasteiger partial charge >= 0.3 is 0 Å². The Morgan fingerprint density at radius 1 is 1.41 bits per heavy atom. The van der Waals surface area contributed by atoms with Crippen molar-refractivity contribution in [2.24, 2.45) is 0 Å². The van der Waals surface area contributed by atoms with Crippen LogP contribution in [0.3, 0.4) is 0 Å². The molecular formula is C13H20N2O2. The first-order valence-electron chi connectivity index (χ1n) is 5.68. The molecule has 0 fully saturated rings. The number of nitrogens with zero attached hydrogens (tertiary/aromatic N) is 1. The molecule has 0 aliphatic carbocycles. The molecule has 0 aromatic heterocycles. The van der Waals surface area contributed by atoms with Crippen molar-refractivity contribution in [3.63, 3.8) is 0 Å². The van der Waals surface area contributed by atoms with Gasteiger partial charge in [-0.25, -0.2) is 0 Å². The Morgan fingerprint density at radius 2 is 2.12 bits per heavy atom. The van der Waals surface area contributed by atoms with Gasteiger partial charge in [0.2, 0.25) is 5.91 Å². The fourth-order valence-corrected chi connectivity index (χ4v) is 1.62. The van der Waals surface area contributed by atoms with E-state index in [2.05, 4.69) is 5.32 Å². The molecule has 0 aliphatic rings. The van der Waals surface area contributed by atoms with E-state index in [9.17, 15) is 4.79 Å². The summed E-state index contributed by atoms with van der Waals surface area (Å²) in [6, 6.07) is 7.95. The molecule has 0 aliphatic heterocycles. The summed E-state index contributed by atoms with van der Waals surface area (Å²) in [4.78, 5) is 13.2. The Balaban J connectivity index is 2.47. The van der Waals surface area contributed by atoms with Crippen molar-refractivity contribution in [2.45, 2.75) is 6.42 Å². The van der Waals surface area contributed by atoms with Crippen LogP contribution in [0.1, 0.15) is 5.56 Å². The molecule has 0 saturated heterocycles. The fraction of sp³-hybridized carbons (Fsp3) is 0.462. The maximum Gasteiger partial charge on any atom is 0.233 e. The average molecular weight is 236 g/mol. The van der Waals surface area contributed by atoms with E-state index >= 15 is 0 Å². The lowest BCUT2D eigenvalue weighted by Crippen LogP contribution is -2.34. The highest BCUT2D eigenvalue weighted by molar-refractivity contribution is 5.77. The number of hydrogen-bond donors (Lipinski definition) is 1. The molecule has 0 unspecified atom stereocenters. The Morgan fingerprint density at radius 3 is 2.76 bits per heavy atom. The van der Waals surface area contributed by atoms with Crippen LogP contribution in [0, 0.1) is 0 Å². The fourth-order valence-electron chi connectivity index (χ4n) is 1.62. The highest BCUT2D eigenvalue weighted by Crippen LogP contribution is 2.17. The lowest BCUT2D eigenvalue weighted by Gasteiger charge is -2.16. The summed E-state index contributed by atoms with van der Waals surface area (Å²) in [5.74, 6) is 0.938. The topological polar surface area (TPSA) is 41.6 Å². The Labute approximate surface area is 103 Å². The minimum absolute atomic E-state index is 0.0347.